The SMILES string of the molecule is O=C1CCC(C(=O)NCCc2ccc(OC3CCCC3)cc2)N1. The molecule has 23 heavy (non-hydrogen) atoms. The number of nitrogens with one attached hydrogen (secondary N) is 2. The van der Waals surface area contributed by atoms with Crippen LogP contribution in [0.5, 0.6) is 5.75 Å². The minimum atomic E-state index is -0.357. The molecule has 5 heteroatoms. The highest BCUT2D eigenvalue weighted by Gasteiger charge is 2.26. The summed E-state index contributed by atoms with van der Waals surface area (Å²) in [5, 5.41) is 5.56. The van der Waals surface area contributed by atoms with Crippen molar-refractivity contribution in [3.05, 3.63) is 29.8 Å². The monoisotopic (exact) mass is 316 g/mol. The van der Waals surface area contributed by atoms with Crippen molar-refractivity contribution in [2.75, 3.05) is 6.54 Å². The molecule has 1 heterocycles. The summed E-state index contributed by atoms with van der Waals surface area (Å²) in [6, 6.07) is 7.76. The average molecular weight is 316 g/mol. The topological polar surface area (TPSA) is 67.4 Å². The van der Waals surface area contributed by atoms with E-state index in [4.69, 9.17) is 4.74 Å². The first-order valence-electron chi connectivity index (χ1n) is 8.53. The molecule has 1 aromatic rings. The highest BCUT2D eigenvalue weighted by atomic mass is 16.5. The van der Waals surface area contributed by atoms with Crippen LogP contribution in [0, 0.1) is 0 Å². The fourth-order valence-corrected chi connectivity index (χ4v) is 3.20. The van der Waals surface area contributed by atoms with Crippen LogP contribution in [0.1, 0.15) is 44.1 Å². The van der Waals surface area contributed by atoms with Gasteiger partial charge >= 0.3 is 0 Å². The molecule has 1 aliphatic carbocycles. The molecule has 1 saturated heterocycles. The largest absolute Gasteiger partial charge is 0.490 e. The third kappa shape index (κ3) is 4.47. The van der Waals surface area contributed by atoms with Gasteiger partial charge in [0.2, 0.25) is 11.8 Å². The third-order valence-electron chi connectivity index (χ3n) is 4.55. The Bertz CT molecular complexity index is 550. The van der Waals surface area contributed by atoms with Crippen LogP contribution < -0.4 is 15.4 Å². The standard InChI is InChI=1S/C18H24N2O3/c21-17-10-9-16(20-17)18(22)19-12-11-13-5-7-15(8-6-13)23-14-3-1-2-4-14/h5-8,14,16H,1-4,9-12H2,(H,19,22)(H,20,21). The zero-order chi connectivity index (χ0) is 16.1. The fourth-order valence-electron chi connectivity index (χ4n) is 3.20. The van der Waals surface area contributed by atoms with E-state index in [0.717, 1.165) is 25.0 Å². The number of carbonyl (C=O) groups is 2. The Morgan fingerprint density at radius 2 is 1.91 bits per heavy atom. The lowest BCUT2D eigenvalue weighted by Gasteiger charge is -2.13. The van der Waals surface area contributed by atoms with Crippen LogP contribution in [0.3, 0.4) is 0 Å². The van der Waals surface area contributed by atoms with Crippen LogP contribution in [0.4, 0.5) is 0 Å². The molecule has 1 atom stereocenters. The summed E-state index contributed by atoms with van der Waals surface area (Å²) in [4.78, 5) is 23.0. The minimum absolute atomic E-state index is 0.0389. The molecule has 0 bridgehead atoms. The van der Waals surface area contributed by atoms with Crippen molar-refractivity contribution in [2.45, 2.75) is 57.1 Å². The first-order valence-corrected chi connectivity index (χ1v) is 8.53. The quantitative estimate of drug-likeness (QED) is 0.843. The van der Waals surface area contributed by atoms with Gasteiger partial charge in [0.1, 0.15) is 11.8 Å². The maximum atomic E-state index is 11.9. The van der Waals surface area contributed by atoms with Gasteiger partial charge in [-0.2, -0.15) is 0 Å². The summed E-state index contributed by atoms with van der Waals surface area (Å²) in [6.07, 6.45) is 7.04. The van der Waals surface area contributed by atoms with E-state index in [-0.39, 0.29) is 17.9 Å². The van der Waals surface area contributed by atoms with E-state index in [1.807, 2.05) is 24.3 Å². The minimum Gasteiger partial charge on any atom is -0.490 e. The van der Waals surface area contributed by atoms with Gasteiger partial charge in [0, 0.05) is 13.0 Å². The summed E-state index contributed by atoms with van der Waals surface area (Å²) in [5.74, 6) is 0.804. The Labute approximate surface area is 136 Å². The molecular weight excluding hydrogens is 292 g/mol. The number of hydrogen-bond acceptors (Lipinski definition) is 3. The molecular formula is C18H24N2O3. The van der Waals surface area contributed by atoms with Crippen molar-refractivity contribution in [1.29, 1.82) is 0 Å². The number of rotatable bonds is 6. The van der Waals surface area contributed by atoms with Gasteiger partial charge in [0.05, 0.1) is 6.10 Å². The van der Waals surface area contributed by atoms with Gasteiger partial charge in [-0.05, 0) is 56.2 Å². The second-order valence-electron chi connectivity index (χ2n) is 6.37. The van der Waals surface area contributed by atoms with E-state index in [2.05, 4.69) is 10.6 Å². The van der Waals surface area contributed by atoms with E-state index < -0.39 is 0 Å². The fraction of sp³-hybridized carbons (Fsp3) is 0.556. The smallest absolute Gasteiger partial charge is 0.242 e. The molecule has 0 radical (unpaired) electrons. The number of benzene rings is 1. The van der Waals surface area contributed by atoms with Gasteiger partial charge in [-0.3, -0.25) is 9.59 Å². The van der Waals surface area contributed by atoms with Crippen molar-refractivity contribution in [1.82, 2.24) is 10.6 Å². The average Bonchev–Trinajstić information content (AvgIpc) is 3.20. The Kier molecular flexibility index (Phi) is 5.16. The Balaban J connectivity index is 1.39. The van der Waals surface area contributed by atoms with Crippen molar-refractivity contribution in [3.63, 3.8) is 0 Å². The van der Waals surface area contributed by atoms with Crippen LogP contribution >= 0.6 is 0 Å². The highest BCUT2D eigenvalue weighted by molar-refractivity contribution is 5.90. The van der Waals surface area contributed by atoms with Gasteiger partial charge in [0.25, 0.3) is 0 Å². The lowest BCUT2D eigenvalue weighted by Crippen LogP contribution is -2.42. The predicted octanol–water partition coefficient (Wildman–Crippen LogP) is 1.95. The maximum absolute atomic E-state index is 11.9. The number of carbonyl (C=O) groups excluding carboxylic acids is 2. The lowest BCUT2D eigenvalue weighted by atomic mass is 10.1. The summed E-state index contributed by atoms with van der Waals surface area (Å²) in [6.45, 7) is 0.577. The molecule has 1 aliphatic heterocycles. The summed E-state index contributed by atoms with van der Waals surface area (Å²) in [7, 11) is 0. The van der Waals surface area contributed by atoms with Gasteiger partial charge in [-0.25, -0.2) is 0 Å². The lowest BCUT2D eigenvalue weighted by molar-refractivity contribution is -0.125. The molecule has 1 aromatic carbocycles. The van der Waals surface area contributed by atoms with Crippen LogP contribution in [0.15, 0.2) is 24.3 Å². The molecule has 2 aliphatic rings. The Morgan fingerprint density at radius 3 is 2.57 bits per heavy atom. The molecule has 124 valence electrons. The van der Waals surface area contributed by atoms with Crippen LogP contribution in [0.2, 0.25) is 0 Å². The second kappa shape index (κ2) is 7.49. The zero-order valence-electron chi connectivity index (χ0n) is 13.3. The highest BCUT2D eigenvalue weighted by Crippen LogP contribution is 2.24. The summed E-state index contributed by atoms with van der Waals surface area (Å²) < 4.78 is 5.94. The Hall–Kier alpha value is -2.04. The van der Waals surface area contributed by atoms with Crippen molar-refractivity contribution in [3.8, 4) is 5.75 Å². The van der Waals surface area contributed by atoms with Gasteiger partial charge in [-0.1, -0.05) is 12.1 Å². The van der Waals surface area contributed by atoms with Crippen LogP contribution in [-0.2, 0) is 16.0 Å². The first-order chi connectivity index (χ1) is 11.2. The number of hydrogen-bond donors (Lipinski definition) is 2. The molecule has 2 amide bonds. The molecule has 0 spiro atoms. The van der Waals surface area contributed by atoms with Crippen molar-refractivity contribution in [2.24, 2.45) is 0 Å². The van der Waals surface area contributed by atoms with Crippen molar-refractivity contribution < 1.29 is 14.3 Å². The van der Waals surface area contributed by atoms with Gasteiger partial charge in [-0.15, -0.1) is 0 Å². The molecule has 1 saturated carbocycles. The van der Waals surface area contributed by atoms with E-state index in [9.17, 15) is 9.59 Å². The normalized spacial score (nSPS) is 21.2. The molecule has 0 aromatic heterocycles. The number of ether oxygens (including phenoxy) is 1. The summed E-state index contributed by atoms with van der Waals surface area (Å²) >= 11 is 0. The predicted molar refractivity (Wildman–Crippen MR) is 87.2 cm³/mol. The molecule has 2 fully saturated rings. The van der Waals surface area contributed by atoms with E-state index in [1.54, 1.807) is 0 Å². The maximum Gasteiger partial charge on any atom is 0.242 e. The van der Waals surface area contributed by atoms with E-state index in [1.165, 1.54) is 18.4 Å². The zero-order valence-corrected chi connectivity index (χ0v) is 13.3. The molecule has 2 N–H and O–H groups in total. The van der Waals surface area contributed by atoms with E-state index in [0.29, 0.717) is 25.5 Å². The second-order valence-corrected chi connectivity index (χ2v) is 6.37. The molecule has 1 unspecified atom stereocenters. The van der Waals surface area contributed by atoms with Crippen LogP contribution in [-0.4, -0.2) is 30.5 Å². The molecule has 3 rings (SSSR count). The van der Waals surface area contributed by atoms with Gasteiger partial charge in [0.15, 0.2) is 0 Å². The first kappa shape index (κ1) is 15.8. The van der Waals surface area contributed by atoms with Crippen LogP contribution in [0.25, 0.3) is 0 Å². The Morgan fingerprint density at radius 1 is 1.17 bits per heavy atom. The number of amides is 2. The van der Waals surface area contributed by atoms with E-state index >= 15 is 0 Å². The van der Waals surface area contributed by atoms with Crippen molar-refractivity contribution >= 4 is 11.8 Å². The third-order valence-corrected chi connectivity index (χ3v) is 4.55. The summed E-state index contributed by atoms with van der Waals surface area (Å²) in [5.41, 5.74) is 1.17. The van der Waals surface area contributed by atoms with Gasteiger partial charge < -0.3 is 15.4 Å². The molecule has 5 nitrogen and oxygen atoms in total.